The molecule has 0 atom stereocenters. The summed E-state index contributed by atoms with van der Waals surface area (Å²) in [5, 5.41) is 13.2. The Labute approximate surface area is 236 Å². The fourth-order valence-electron chi connectivity index (χ4n) is 4.37. The van der Waals surface area contributed by atoms with E-state index in [2.05, 4.69) is 33.1 Å². The lowest BCUT2D eigenvalue weighted by atomic mass is 10.0. The van der Waals surface area contributed by atoms with Crippen LogP contribution < -0.4 is 10.0 Å². The highest BCUT2D eigenvalue weighted by molar-refractivity contribution is 7.92. The van der Waals surface area contributed by atoms with E-state index in [4.69, 9.17) is 0 Å². The van der Waals surface area contributed by atoms with E-state index in [1.54, 1.807) is 12.1 Å². The highest BCUT2D eigenvalue weighted by Crippen LogP contribution is 2.37. The molecule has 5 rings (SSSR count). The van der Waals surface area contributed by atoms with Crippen molar-refractivity contribution in [2.75, 3.05) is 16.6 Å². The molecule has 0 aliphatic carbocycles. The van der Waals surface area contributed by atoms with Gasteiger partial charge in [0, 0.05) is 35.8 Å². The van der Waals surface area contributed by atoms with E-state index >= 15 is 0 Å². The van der Waals surface area contributed by atoms with Crippen LogP contribution in [-0.4, -0.2) is 25.8 Å². The first-order chi connectivity index (χ1) is 18.3. The van der Waals surface area contributed by atoms with Crippen molar-refractivity contribution < 1.29 is 17.6 Å². The zero-order valence-corrected chi connectivity index (χ0v) is 23.0. The minimum absolute atomic E-state index is 0. The number of hydrogen-bond donors (Lipinski definition) is 2. The van der Waals surface area contributed by atoms with E-state index in [1.165, 1.54) is 29.0 Å². The molecule has 0 bridgehead atoms. The first-order valence-electron chi connectivity index (χ1n) is 11.8. The van der Waals surface area contributed by atoms with Gasteiger partial charge in [-0.1, -0.05) is 36.4 Å². The average Bonchev–Trinajstić information content (AvgIpc) is 3.25. The van der Waals surface area contributed by atoms with Crippen LogP contribution in [0.2, 0.25) is 0 Å². The van der Waals surface area contributed by atoms with Gasteiger partial charge in [-0.2, -0.15) is 5.26 Å². The number of nitriles is 1. The molecule has 0 radical (unpaired) electrons. The first-order valence-corrected chi connectivity index (χ1v) is 14.1. The van der Waals surface area contributed by atoms with Gasteiger partial charge in [0.15, 0.2) is 0 Å². The highest BCUT2D eigenvalue weighted by atomic mass is 35.5. The minimum Gasteiger partial charge on any atom is -0.312 e. The lowest BCUT2D eigenvalue weighted by Gasteiger charge is -2.26. The molecule has 2 heterocycles. The Bertz CT molecular complexity index is 1640. The summed E-state index contributed by atoms with van der Waals surface area (Å²) < 4.78 is 40.9. The summed E-state index contributed by atoms with van der Waals surface area (Å²) in [4.78, 5) is 16.4. The molecule has 0 unspecified atom stereocenters. The number of halogens is 2. The molecular formula is C28H24ClFN4O3S2. The number of anilines is 2. The van der Waals surface area contributed by atoms with E-state index in [1.807, 2.05) is 18.2 Å². The monoisotopic (exact) mass is 582 g/mol. The van der Waals surface area contributed by atoms with Crippen molar-refractivity contribution >= 4 is 50.4 Å². The van der Waals surface area contributed by atoms with E-state index in [9.17, 15) is 22.9 Å². The third-order valence-electron chi connectivity index (χ3n) is 6.22. The smallest absolute Gasteiger partial charge is 0.261 e. The lowest BCUT2D eigenvalue weighted by Crippen LogP contribution is -2.29. The second-order valence-electron chi connectivity index (χ2n) is 8.86. The van der Waals surface area contributed by atoms with Crippen LogP contribution in [0.15, 0.2) is 83.8 Å². The Morgan fingerprint density at radius 3 is 2.51 bits per heavy atom. The van der Waals surface area contributed by atoms with Crippen molar-refractivity contribution in [1.82, 2.24) is 4.90 Å². The van der Waals surface area contributed by atoms with Gasteiger partial charge >= 0.3 is 0 Å². The molecule has 39 heavy (non-hydrogen) atoms. The molecule has 11 heteroatoms. The van der Waals surface area contributed by atoms with Crippen molar-refractivity contribution in [2.24, 2.45) is 0 Å². The van der Waals surface area contributed by atoms with Gasteiger partial charge in [0.2, 0.25) is 0 Å². The van der Waals surface area contributed by atoms with Crippen LogP contribution >= 0.6 is 23.7 Å². The predicted molar refractivity (Wildman–Crippen MR) is 152 cm³/mol. The van der Waals surface area contributed by atoms with Gasteiger partial charge in [0.25, 0.3) is 15.9 Å². The van der Waals surface area contributed by atoms with Crippen LogP contribution in [-0.2, 0) is 29.5 Å². The Kier molecular flexibility index (Phi) is 8.67. The summed E-state index contributed by atoms with van der Waals surface area (Å²) in [6, 6.07) is 22.9. The normalized spacial score (nSPS) is 13.0. The number of hydrogen-bond acceptors (Lipinski definition) is 6. The zero-order valence-electron chi connectivity index (χ0n) is 20.6. The molecule has 3 aromatic carbocycles. The lowest BCUT2D eigenvalue weighted by molar-refractivity contribution is 0.102. The topological polar surface area (TPSA) is 102 Å². The van der Waals surface area contributed by atoms with E-state index in [0.717, 1.165) is 54.2 Å². The maximum absolute atomic E-state index is 13.2. The summed E-state index contributed by atoms with van der Waals surface area (Å²) >= 11 is 1.40. The summed E-state index contributed by atoms with van der Waals surface area (Å²) in [5.74, 6) is -0.998. The molecule has 0 saturated heterocycles. The van der Waals surface area contributed by atoms with Crippen molar-refractivity contribution in [3.05, 3.63) is 112 Å². The number of benzene rings is 3. The number of sulfonamides is 1. The van der Waals surface area contributed by atoms with Gasteiger partial charge in [-0.3, -0.25) is 14.4 Å². The molecule has 0 spiro atoms. The molecule has 0 fully saturated rings. The van der Waals surface area contributed by atoms with Gasteiger partial charge in [0.1, 0.15) is 16.9 Å². The number of carbonyl (C=O) groups is 1. The largest absolute Gasteiger partial charge is 0.312 e. The number of thiophene rings is 1. The predicted octanol–water partition coefficient (Wildman–Crippen LogP) is 5.79. The first kappa shape index (κ1) is 28.3. The Morgan fingerprint density at radius 2 is 1.79 bits per heavy atom. The summed E-state index contributed by atoms with van der Waals surface area (Å²) in [5.41, 5.74) is 3.08. The Balaban J connectivity index is 0.00000353. The molecule has 0 saturated carbocycles. The quantitative estimate of drug-likeness (QED) is 0.287. The van der Waals surface area contributed by atoms with Gasteiger partial charge in [-0.05, 0) is 60.0 Å². The fraction of sp³-hybridized carbons (Fsp3) is 0.143. The second-order valence-corrected chi connectivity index (χ2v) is 11.6. The molecule has 1 aromatic heterocycles. The Morgan fingerprint density at radius 1 is 1.05 bits per heavy atom. The highest BCUT2D eigenvalue weighted by Gasteiger charge is 2.26. The zero-order chi connectivity index (χ0) is 26.7. The summed E-state index contributed by atoms with van der Waals surface area (Å²) in [6.07, 6.45) is 0.720. The molecule has 2 N–H and O–H groups in total. The molecular weight excluding hydrogens is 559 g/mol. The van der Waals surface area contributed by atoms with E-state index in [-0.39, 0.29) is 28.6 Å². The van der Waals surface area contributed by atoms with Crippen molar-refractivity contribution in [1.29, 1.82) is 5.26 Å². The minimum atomic E-state index is -3.97. The fourth-order valence-corrected chi connectivity index (χ4v) is 6.65. The van der Waals surface area contributed by atoms with Crippen LogP contribution in [0.1, 0.15) is 31.9 Å². The van der Waals surface area contributed by atoms with Crippen LogP contribution in [0, 0.1) is 17.1 Å². The molecule has 7 nitrogen and oxygen atoms in total. The van der Waals surface area contributed by atoms with Crippen molar-refractivity contribution in [3.8, 4) is 6.07 Å². The Hall–Kier alpha value is -3.75. The summed E-state index contributed by atoms with van der Waals surface area (Å²) in [6.45, 7) is 2.32. The maximum atomic E-state index is 13.2. The van der Waals surface area contributed by atoms with E-state index in [0.29, 0.717) is 17.1 Å². The van der Waals surface area contributed by atoms with Crippen LogP contribution in [0.5, 0.6) is 0 Å². The van der Waals surface area contributed by atoms with Gasteiger partial charge in [0.05, 0.1) is 10.5 Å². The maximum Gasteiger partial charge on any atom is 0.261 e. The van der Waals surface area contributed by atoms with E-state index < -0.39 is 21.7 Å². The number of rotatable bonds is 7. The number of nitrogens with one attached hydrogen (secondary N) is 2. The summed E-state index contributed by atoms with van der Waals surface area (Å²) in [7, 11) is -3.97. The second kappa shape index (κ2) is 12.0. The number of carbonyl (C=O) groups excluding carboxylic acids is 1. The molecule has 200 valence electrons. The number of nitrogens with zero attached hydrogens (tertiary/aromatic N) is 2. The number of amides is 1. The molecule has 1 aliphatic rings. The van der Waals surface area contributed by atoms with Crippen molar-refractivity contribution in [3.63, 3.8) is 0 Å². The SMILES string of the molecule is Cl.N#Cc1c(NC(=O)c2cccc(NS(=O)(=O)c3ccc(F)cc3)c2)sc2c1CCN(Cc1ccccc1)C2. The van der Waals surface area contributed by atoms with Crippen LogP contribution in [0.3, 0.4) is 0 Å². The molecule has 4 aromatic rings. The van der Waals surface area contributed by atoms with Gasteiger partial charge in [-0.15, -0.1) is 23.7 Å². The molecule has 1 amide bonds. The third kappa shape index (κ3) is 6.46. The standard InChI is InChI=1S/C28H23FN4O3S2.ClH/c29-21-9-11-23(12-10-21)38(35,36)32-22-8-4-7-20(15-22)27(34)31-28-25(16-30)24-13-14-33(18-26(24)37-28)17-19-5-2-1-3-6-19;/h1-12,15,32H,13-14,17-18H2,(H,31,34);1H. The van der Waals surface area contributed by atoms with Crippen molar-refractivity contribution in [2.45, 2.75) is 24.4 Å². The molecule has 1 aliphatic heterocycles. The van der Waals surface area contributed by atoms with Gasteiger partial charge < -0.3 is 5.32 Å². The van der Waals surface area contributed by atoms with Gasteiger partial charge in [-0.25, -0.2) is 12.8 Å². The van der Waals surface area contributed by atoms with Crippen LogP contribution in [0.4, 0.5) is 15.1 Å². The third-order valence-corrected chi connectivity index (χ3v) is 8.75. The average molecular weight is 583 g/mol. The number of fused-ring (bicyclic) bond motifs is 1. The van der Waals surface area contributed by atoms with Crippen LogP contribution in [0.25, 0.3) is 0 Å².